The van der Waals surface area contributed by atoms with E-state index >= 15 is 0 Å². The largest absolute Gasteiger partial charge is 0.296 e. The minimum atomic E-state index is -0.232. The number of amides is 1. The number of rotatable bonds is 3. The summed E-state index contributed by atoms with van der Waals surface area (Å²) in [6, 6.07) is 6.77. The first-order valence-corrected chi connectivity index (χ1v) is 6.66. The summed E-state index contributed by atoms with van der Waals surface area (Å²) in [7, 11) is 0. The van der Waals surface area contributed by atoms with Gasteiger partial charge in [0, 0.05) is 16.5 Å². The Labute approximate surface area is 114 Å². The minimum Gasteiger partial charge on any atom is -0.296 e. The summed E-state index contributed by atoms with van der Waals surface area (Å²) in [5.74, 6) is 0.0725. The first-order valence-electron chi connectivity index (χ1n) is 5.46. The number of halogens is 1. The van der Waals surface area contributed by atoms with E-state index in [0.29, 0.717) is 21.6 Å². The Morgan fingerprint density at radius 1 is 1.39 bits per heavy atom. The molecule has 2 rings (SSSR count). The number of aromatic nitrogens is 2. The first-order chi connectivity index (χ1) is 8.56. The average molecular weight is 282 g/mol. The average Bonchev–Trinajstić information content (AvgIpc) is 2.77. The molecule has 4 nitrogen and oxygen atoms in total. The van der Waals surface area contributed by atoms with Crippen LogP contribution in [0.5, 0.6) is 0 Å². The zero-order valence-electron chi connectivity index (χ0n) is 9.98. The van der Waals surface area contributed by atoms with E-state index in [1.165, 1.54) is 11.3 Å². The summed E-state index contributed by atoms with van der Waals surface area (Å²) in [5, 5.41) is 12.6. The second-order valence-electron chi connectivity index (χ2n) is 4.06. The Hall–Kier alpha value is -1.46. The third-order valence-corrected chi connectivity index (χ3v) is 3.62. The summed E-state index contributed by atoms with van der Waals surface area (Å²) >= 11 is 7.21. The lowest BCUT2D eigenvalue weighted by Crippen LogP contribution is -2.11. The molecule has 1 aromatic heterocycles. The molecule has 0 bridgehead atoms. The van der Waals surface area contributed by atoms with Gasteiger partial charge in [0.05, 0.1) is 0 Å². The molecule has 1 heterocycles. The molecule has 0 aliphatic heterocycles. The summed E-state index contributed by atoms with van der Waals surface area (Å²) in [4.78, 5) is 11.9. The third-order valence-electron chi connectivity index (χ3n) is 2.24. The summed E-state index contributed by atoms with van der Waals surface area (Å²) in [6.45, 7) is 4.06. The van der Waals surface area contributed by atoms with Gasteiger partial charge in [0.1, 0.15) is 5.01 Å². The molecule has 0 aliphatic rings. The Morgan fingerprint density at radius 2 is 2.17 bits per heavy atom. The normalized spacial score (nSPS) is 10.7. The molecule has 2 aromatic rings. The Balaban J connectivity index is 2.11. The lowest BCUT2D eigenvalue weighted by molar-refractivity contribution is 0.102. The van der Waals surface area contributed by atoms with Gasteiger partial charge in [0.15, 0.2) is 0 Å². The van der Waals surface area contributed by atoms with Crippen molar-refractivity contribution >= 4 is 34.0 Å². The molecular formula is C12H12ClN3OS. The lowest BCUT2D eigenvalue weighted by Gasteiger charge is -2.01. The Kier molecular flexibility index (Phi) is 3.93. The highest BCUT2D eigenvalue weighted by atomic mass is 35.5. The molecule has 1 amide bonds. The van der Waals surface area contributed by atoms with Crippen LogP contribution in [0.3, 0.4) is 0 Å². The maximum absolute atomic E-state index is 11.9. The number of carbonyl (C=O) groups excluding carboxylic acids is 1. The van der Waals surface area contributed by atoms with Crippen LogP contribution in [0.15, 0.2) is 24.3 Å². The van der Waals surface area contributed by atoms with E-state index in [1.54, 1.807) is 24.3 Å². The fraction of sp³-hybridized carbons (Fsp3) is 0.250. The van der Waals surface area contributed by atoms with Gasteiger partial charge < -0.3 is 0 Å². The highest BCUT2D eigenvalue weighted by molar-refractivity contribution is 7.15. The molecule has 1 N–H and O–H groups in total. The molecule has 94 valence electrons. The van der Waals surface area contributed by atoms with Gasteiger partial charge in [-0.05, 0) is 18.2 Å². The molecule has 0 aliphatic carbocycles. The molecule has 0 unspecified atom stereocenters. The van der Waals surface area contributed by atoms with Gasteiger partial charge in [0.25, 0.3) is 5.91 Å². The van der Waals surface area contributed by atoms with E-state index in [9.17, 15) is 4.79 Å². The number of hydrogen-bond acceptors (Lipinski definition) is 4. The first kappa shape index (κ1) is 13.0. The SMILES string of the molecule is CC(C)c1nnc(NC(=O)c2cccc(Cl)c2)s1. The van der Waals surface area contributed by atoms with Crippen LogP contribution in [0.25, 0.3) is 0 Å². The van der Waals surface area contributed by atoms with Gasteiger partial charge in [0.2, 0.25) is 5.13 Å². The van der Waals surface area contributed by atoms with Gasteiger partial charge in [-0.25, -0.2) is 0 Å². The van der Waals surface area contributed by atoms with E-state index in [1.807, 2.05) is 13.8 Å². The highest BCUT2D eigenvalue weighted by Gasteiger charge is 2.11. The van der Waals surface area contributed by atoms with Crippen LogP contribution < -0.4 is 5.32 Å². The maximum atomic E-state index is 11.9. The molecule has 0 radical (unpaired) electrons. The van der Waals surface area contributed by atoms with Crippen LogP contribution in [-0.4, -0.2) is 16.1 Å². The van der Waals surface area contributed by atoms with Crippen LogP contribution in [0.4, 0.5) is 5.13 Å². The van der Waals surface area contributed by atoms with Crippen molar-refractivity contribution < 1.29 is 4.79 Å². The van der Waals surface area contributed by atoms with Crippen molar-refractivity contribution in [1.29, 1.82) is 0 Å². The van der Waals surface area contributed by atoms with Crippen LogP contribution in [-0.2, 0) is 0 Å². The zero-order chi connectivity index (χ0) is 13.1. The van der Waals surface area contributed by atoms with E-state index in [-0.39, 0.29) is 5.91 Å². The third kappa shape index (κ3) is 3.05. The van der Waals surface area contributed by atoms with Gasteiger partial charge in [-0.2, -0.15) is 0 Å². The smallest absolute Gasteiger partial charge is 0.257 e. The number of anilines is 1. The second kappa shape index (κ2) is 5.46. The zero-order valence-corrected chi connectivity index (χ0v) is 11.5. The number of carbonyl (C=O) groups is 1. The van der Waals surface area contributed by atoms with Gasteiger partial charge in [-0.1, -0.05) is 42.9 Å². The van der Waals surface area contributed by atoms with Crippen molar-refractivity contribution in [3.8, 4) is 0 Å². The molecule has 0 spiro atoms. The van der Waals surface area contributed by atoms with E-state index in [2.05, 4.69) is 15.5 Å². The quantitative estimate of drug-likeness (QED) is 0.936. The lowest BCUT2D eigenvalue weighted by atomic mass is 10.2. The molecule has 1 aromatic carbocycles. The molecule has 0 saturated heterocycles. The molecule has 6 heteroatoms. The van der Waals surface area contributed by atoms with Crippen molar-refractivity contribution in [2.45, 2.75) is 19.8 Å². The van der Waals surface area contributed by atoms with Crippen LogP contribution >= 0.6 is 22.9 Å². The standard InChI is InChI=1S/C12H12ClN3OS/c1-7(2)11-15-16-12(18-11)14-10(17)8-4-3-5-9(13)6-8/h3-7H,1-2H3,(H,14,16,17). The van der Waals surface area contributed by atoms with Crippen LogP contribution in [0, 0.1) is 0 Å². The summed E-state index contributed by atoms with van der Waals surface area (Å²) in [6.07, 6.45) is 0. The van der Waals surface area contributed by atoms with E-state index in [0.717, 1.165) is 5.01 Å². The van der Waals surface area contributed by atoms with E-state index < -0.39 is 0 Å². The maximum Gasteiger partial charge on any atom is 0.257 e. The number of nitrogens with zero attached hydrogens (tertiary/aromatic N) is 2. The van der Waals surface area contributed by atoms with Crippen molar-refractivity contribution in [1.82, 2.24) is 10.2 Å². The molecule has 0 saturated carbocycles. The highest BCUT2D eigenvalue weighted by Crippen LogP contribution is 2.23. The van der Waals surface area contributed by atoms with Crippen molar-refractivity contribution in [2.24, 2.45) is 0 Å². The molecular weight excluding hydrogens is 270 g/mol. The van der Waals surface area contributed by atoms with Crippen molar-refractivity contribution in [2.75, 3.05) is 5.32 Å². The van der Waals surface area contributed by atoms with Gasteiger partial charge in [-0.15, -0.1) is 10.2 Å². The number of nitrogens with one attached hydrogen (secondary N) is 1. The predicted molar refractivity (Wildman–Crippen MR) is 73.4 cm³/mol. The second-order valence-corrected chi connectivity index (χ2v) is 5.51. The topological polar surface area (TPSA) is 54.9 Å². The minimum absolute atomic E-state index is 0.232. The van der Waals surface area contributed by atoms with E-state index in [4.69, 9.17) is 11.6 Å². The predicted octanol–water partition coefficient (Wildman–Crippen LogP) is 3.57. The van der Waals surface area contributed by atoms with Crippen molar-refractivity contribution in [3.63, 3.8) is 0 Å². The van der Waals surface area contributed by atoms with Gasteiger partial charge in [-0.3, -0.25) is 10.1 Å². The van der Waals surface area contributed by atoms with Crippen LogP contribution in [0.1, 0.15) is 35.1 Å². The number of benzene rings is 1. The molecule has 0 atom stereocenters. The molecule has 0 fully saturated rings. The Bertz CT molecular complexity index is 568. The van der Waals surface area contributed by atoms with Crippen LogP contribution in [0.2, 0.25) is 5.02 Å². The fourth-order valence-corrected chi connectivity index (χ4v) is 2.25. The number of hydrogen-bond donors (Lipinski definition) is 1. The van der Waals surface area contributed by atoms with Gasteiger partial charge >= 0.3 is 0 Å². The molecule has 18 heavy (non-hydrogen) atoms. The van der Waals surface area contributed by atoms with Crippen molar-refractivity contribution in [3.05, 3.63) is 39.9 Å². The fourth-order valence-electron chi connectivity index (χ4n) is 1.32. The summed E-state index contributed by atoms with van der Waals surface area (Å²) < 4.78 is 0. The monoisotopic (exact) mass is 281 g/mol. The Morgan fingerprint density at radius 3 is 2.78 bits per heavy atom. The summed E-state index contributed by atoms with van der Waals surface area (Å²) in [5.41, 5.74) is 0.504.